The fourth-order valence-corrected chi connectivity index (χ4v) is 2.61. The molecule has 0 bridgehead atoms. The second kappa shape index (κ2) is 5.67. The van der Waals surface area contributed by atoms with Crippen LogP contribution in [0, 0.1) is 0 Å². The number of imidazole rings is 1. The second-order valence-electron chi connectivity index (χ2n) is 4.28. The van der Waals surface area contributed by atoms with E-state index in [1.807, 2.05) is 12.4 Å². The van der Waals surface area contributed by atoms with Gasteiger partial charge in [-0.2, -0.15) is 0 Å². The Morgan fingerprint density at radius 3 is 2.94 bits per heavy atom. The third-order valence-electron chi connectivity index (χ3n) is 2.35. The van der Waals surface area contributed by atoms with Gasteiger partial charge in [0.2, 0.25) is 0 Å². The van der Waals surface area contributed by atoms with Gasteiger partial charge in [-0.3, -0.25) is 0 Å². The molecule has 0 aliphatic carbocycles. The zero-order valence-electron chi connectivity index (χ0n) is 9.98. The van der Waals surface area contributed by atoms with Gasteiger partial charge in [0, 0.05) is 23.7 Å². The summed E-state index contributed by atoms with van der Waals surface area (Å²) >= 11 is 7.51. The van der Waals surface area contributed by atoms with E-state index in [0.717, 1.165) is 23.1 Å². The fourth-order valence-electron chi connectivity index (χ4n) is 1.51. The van der Waals surface area contributed by atoms with Gasteiger partial charge in [-0.05, 0) is 12.1 Å². The quantitative estimate of drug-likeness (QED) is 0.904. The van der Waals surface area contributed by atoms with Crippen molar-refractivity contribution in [3.05, 3.63) is 39.6 Å². The van der Waals surface area contributed by atoms with Gasteiger partial charge in [0.25, 0.3) is 0 Å². The van der Waals surface area contributed by atoms with Crippen LogP contribution < -0.4 is 5.32 Å². The van der Waals surface area contributed by atoms with Crippen LogP contribution >= 0.6 is 22.9 Å². The number of nitrogens with one attached hydrogen (secondary N) is 1. The number of halogens is 1. The molecule has 0 aliphatic heterocycles. The normalized spacial score (nSPS) is 11.3. The molecule has 0 aromatic carbocycles. The highest BCUT2D eigenvalue weighted by Crippen LogP contribution is 2.22. The van der Waals surface area contributed by atoms with E-state index in [2.05, 4.69) is 41.0 Å². The minimum Gasteiger partial charge on any atom is -0.332 e. The first-order valence-electron chi connectivity index (χ1n) is 5.62. The van der Waals surface area contributed by atoms with Crippen molar-refractivity contribution in [3.63, 3.8) is 0 Å². The molecule has 0 saturated carbocycles. The molecule has 0 saturated heterocycles. The molecule has 3 nitrogen and oxygen atoms in total. The minimum atomic E-state index is 0.483. The van der Waals surface area contributed by atoms with E-state index in [1.165, 1.54) is 4.88 Å². The Balaban J connectivity index is 1.94. The van der Waals surface area contributed by atoms with Gasteiger partial charge in [0.1, 0.15) is 0 Å². The van der Waals surface area contributed by atoms with Crippen LogP contribution in [0.2, 0.25) is 4.34 Å². The maximum absolute atomic E-state index is 5.90. The van der Waals surface area contributed by atoms with Crippen molar-refractivity contribution in [2.24, 2.45) is 0 Å². The summed E-state index contributed by atoms with van der Waals surface area (Å²) in [4.78, 5) is 5.61. The van der Waals surface area contributed by atoms with Crippen LogP contribution in [0.5, 0.6) is 0 Å². The molecule has 17 heavy (non-hydrogen) atoms. The van der Waals surface area contributed by atoms with Gasteiger partial charge in [-0.25, -0.2) is 4.98 Å². The van der Waals surface area contributed by atoms with E-state index in [9.17, 15) is 0 Å². The maximum atomic E-state index is 5.90. The SMILES string of the molecule is CC(C)NCc1cn(Cc2ccc(Cl)s2)cn1. The van der Waals surface area contributed by atoms with Crippen LogP contribution in [0.15, 0.2) is 24.7 Å². The third kappa shape index (κ3) is 3.84. The summed E-state index contributed by atoms with van der Waals surface area (Å²) in [6, 6.07) is 4.47. The van der Waals surface area contributed by atoms with Gasteiger partial charge in [-0.1, -0.05) is 25.4 Å². The predicted octanol–water partition coefficient (Wildman–Crippen LogP) is 3.14. The molecule has 92 valence electrons. The summed E-state index contributed by atoms with van der Waals surface area (Å²) in [6.07, 6.45) is 3.94. The molecule has 5 heteroatoms. The molecule has 0 amide bonds. The predicted molar refractivity (Wildman–Crippen MR) is 72.6 cm³/mol. The number of nitrogens with zero attached hydrogens (tertiary/aromatic N) is 2. The standard InChI is InChI=1S/C12H16ClN3S/c1-9(2)14-5-10-6-16(8-15-10)7-11-3-4-12(13)17-11/h3-4,6,8-9,14H,5,7H2,1-2H3. The van der Waals surface area contributed by atoms with Crippen LogP contribution in [-0.2, 0) is 13.1 Å². The van der Waals surface area contributed by atoms with Gasteiger partial charge in [-0.15, -0.1) is 11.3 Å². The van der Waals surface area contributed by atoms with Gasteiger partial charge in [0.15, 0.2) is 0 Å². The summed E-state index contributed by atoms with van der Waals surface area (Å²) < 4.78 is 2.92. The summed E-state index contributed by atoms with van der Waals surface area (Å²) in [5.41, 5.74) is 1.07. The Hall–Kier alpha value is -0.840. The first kappa shape index (κ1) is 12.6. The summed E-state index contributed by atoms with van der Waals surface area (Å²) in [5, 5.41) is 3.35. The van der Waals surface area contributed by atoms with Crippen molar-refractivity contribution in [1.82, 2.24) is 14.9 Å². The number of thiophene rings is 1. The van der Waals surface area contributed by atoms with Crippen molar-refractivity contribution in [2.75, 3.05) is 0 Å². The Labute approximate surface area is 110 Å². The number of hydrogen-bond donors (Lipinski definition) is 1. The lowest BCUT2D eigenvalue weighted by molar-refractivity contribution is 0.582. The van der Waals surface area contributed by atoms with Crippen molar-refractivity contribution < 1.29 is 0 Å². The number of rotatable bonds is 5. The van der Waals surface area contributed by atoms with Gasteiger partial charge >= 0.3 is 0 Å². The first-order valence-corrected chi connectivity index (χ1v) is 6.81. The molecule has 2 rings (SSSR count). The van der Waals surface area contributed by atoms with Crippen LogP contribution in [0.3, 0.4) is 0 Å². The van der Waals surface area contributed by atoms with E-state index in [1.54, 1.807) is 11.3 Å². The average molecular weight is 270 g/mol. The topological polar surface area (TPSA) is 29.9 Å². The molecular weight excluding hydrogens is 254 g/mol. The fraction of sp³-hybridized carbons (Fsp3) is 0.417. The van der Waals surface area contributed by atoms with Crippen LogP contribution in [0.1, 0.15) is 24.4 Å². The molecule has 2 heterocycles. The van der Waals surface area contributed by atoms with E-state index in [0.29, 0.717) is 6.04 Å². The van der Waals surface area contributed by atoms with Crippen LogP contribution in [0.25, 0.3) is 0 Å². The zero-order valence-corrected chi connectivity index (χ0v) is 11.6. The molecule has 0 radical (unpaired) electrons. The summed E-state index contributed by atoms with van der Waals surface area (Å²) in [6.45, 7) is 5.91. The Morgan fingerprint density at radius 1 is 1.47 bits per heavy atom. The summed E-state index contributed by atoms with van der Waals surface area (Å²) in [5.74, 6) is 0. The second-order valence-corrected chi connectivity index (χ2v) is 6.08. The molecule has 0 spiro atoms. The summed E-state index contributed by atoms with van der Waals surface area (Å²) in [7, 11) is 0. The van der Waals surface area contributed by atoms with Crippen LogP contribution in [0.4, 0.5) is 0 Å². The largest absolute Gasteiger partial charge is 0.332 e. The lowest BCUT2D eigenvalue weighted by Crippen LogP contribution is -2.21. The van der Waals surface area contributed by atoms with Gasteiger partial charge < -0.3 is 9.88 Å². The molecule has 0 atom stereocenters. The van der Waals surface area contributed by atoms with Crippen molar-refractivity contribution >= 4 is 22.9 Å². The maximum Gasteiger partial charge on any atom is 0.0953 e. The highest BCUT2D eigenvalue weighted by Gasteiger charge is 2.02. The molecule has 2 aromatic rings. The Bertz CT molecular complexity index is 476. The molecule has 0 fully saturated rings. The lowest BCUT2D eigenvalue weighted by Gasteiger charge is -2.04. The highest BCUT2D eigenvalue weighted by molar-refractivity contribution is 7.16. The number of aromatic nitrogens is 2. The Morgan fingerprint density at radius 2 is 2.29 bits per heavy atom. The monoisotopic (exact) mass is 269 g/mol. The van der Waals surface area contributed by atoms with E-state index < -0.39 is 0 Å². The van der Waals surface area contributed by atoms with Crippen molar-refractivity contribution in [3.8, 4) is 0 Å². The van der Waals surface area contributed by atoms with Crippen molar-refractivity contribution in [2.45, 2.75) is 33.0 Å². The third-order valence-corrected chi connectivity index (χ3v) is 3.56. The smallest absolute Gasteiger partial charge is 0.0953 e. The molecule has 0 unspecified atom stereocenters. The van der Waals surface area contributed by atoms with E-state index in [-0.39, 0.29) is 0 Å². The highest BCUT2D eigenvalue weighted by atomic mass is 35.5. The van der Waals surface area contributed by atoms with E-state index in [4.69, 9.17) is 11.6 Å². The molecule has 0 aliphatic rings. The van der Waals surface area contributed by atoms with E-state index >= 15 is 0 Å². The number of hydrogen-bond acceptors (Lipinski definition) is 3. The zero-order chi connectivity index (χ0) is 12.3. The van der Waals surface area contributed by atoms with Crippen LogP contribution in [-0.4, -0.2) is 15.6 Å². The average Bonchev–Trinajstić information content (AvgIpc) is 2.86. The first-order chi connectivity index (χ1) is 8.13. The minimum absolute atomic E-state index is 0.483. The Kier molecular flexibility index (Phi) is 4.20. The molecule has 1 N–H and O–H groups in total. The lowest BCUT2D eigenvalue weighted by atomic mass is 10.3. The molecular formula is C12H16ClN3S. The van der Waals surface area contributed by atoms with Crippen molar-refractivity contribution in [1.29, 1.82) is 0 Å². The molecule has 2 aromatic heterocycles. The van der Waals surface area contributed by atoms with Gasteiger partial charge in [0.05, 0.1) is 22.9 Å².